The lowest BCUT2D eigenvalue weighted by Gasteiger charge is -2.14. The number of nitrogens with zero attached hydrogens (tertiary/aromatic N) is 3. The predicted molar refractivity (Wildman–Crippen MR) is 105 cm³/mol. The molecule has 27 heavy (non-hydrogen) atoms. The number of hydrogen-bond donors (Lipinski definition) is 1. The van der Waals surface area contributed by atoms with E-state index in [1.165, 1.54) is 6.07 Å². The molecule has 5 heteroatoms. The van der Waals surface area contributed by atoms with Gasteiger partial charge in [-0.05, 0) is 38.1 Å². The van der Waals surface area contributed by atoms with Gasteiger partial charge in [0.05, 0.1) is 17.6 Å². The standard InChI is InChI=1S/C22H21FN4/c1-15(20-14-25-27(16(20)2)19-8-4-3-5-9-19)24-13-18-12-11-17-7-6-10-21(23)22(17)26-18/h3-12,14-15,24H,13H2,1-2H3. The second-order valence-corrected chi connectivity index (χ2v) is 6.65. The van der Waals surface area contributed by atoms with E-state index in [-0.39, 0.29) is 11.9 Å². The molecule has 136 valence electrons. The van der Waals surface area contributed by atoms with Crippen molar-refractivity contribution in [3.63, 3.8) is 0 Å². The van der Waals surface area contributed by atoms with Crippen LogP contribution in [0.2, 0.25) is 0 Å². The lowest BCUT2D eigenvalue weighted by molar-refractivity contribution is 0.565. The number of rotatable bonds is 5. The molecule has 4 aromatic rings. The first-order valence-electron chi connectivity index (χ1n) is 9.01. The van der Waals surface area contributed by atoms with Crippen molar-refractivity contribution in [1.82, 2.24) is 20.1 Å². The largest absolute Gasteiger partial charge is 0.304 e. The maximum absolute atomic E-state index is 14.0. The van der Waals surface area contributed by atoms with Gasteiger partial charge in [-0.1, -0.05) is 36.4 Å². The highest BCUT2D eigenvalue weighted by Crippen LogP contribution is 2.21. The normalized spacial score (nSPS) is 12.4. The molecular formula is C22H21FN4. The minimum absolute atomic E-state index is 0.0978. The Morgan fingerprint density at radius 2 is 1.85 bits per heavy atom. The highest BCUT2D eigenvalue weighted by atomic mass is 19.1. The van der Waals surface area contributed by atoms with Crippen LogP contribution in [0.25, 0.3) is 16.6 Å². The first kappa shape index (κ1) is 17.4. The van der Waals surface area contributed by atoms with E-state index in [1.807, 2.05) is 59.4 Å². The third-order valence-electron chi connectivity index (χ3n) is 4.83. The maximum Gasteiger partial charge on any atom is 0.149 e. The van der Waals surface area contributed by atoms with Crippen LogP contribution in [0.4, 0.5) is 4.39 Å². The van der Waals surface area contributed by atoms with Crippen LogP contribution in [-0.2, 0) is 6.54 Å². The zero-order valence-corrected chi connectivity index (χ0v) is 15.4. The molecule has 1 atom stereocenters. The molecule has 0 spiro atoms. The Bertz CT molecular complexity index is 1070. The maximum atomic E-state index is 14.0. The molecule has 0 fully saturated rings. The molecule has 4 nitrogen and oxygen atoms in total. The van der Waals surface area contributed by atoms with Crippen molar-refractivity contribution >= 4 is 10.9 Å². The molecule has 0 aliphatic heterocycles. The minimum Gasteiger partial charge on any atom is -0.304 e. The molecule has 1 unspecified atom stereocenters. The molecule has 0 aliphatic rings. The van der Waals surface area contributed by atoms with Gasteiger partial charge in [0.1, 0.15) is 11.3 Å². The van der Waals surface area contributed by atoms with Gasteiger partial charge in [0.25, 0.3) is 0 Å². The molecule has 0 amide bonds. The topological polar surface area (TPSA) is 42.7 Å². The molecule has 0 radical (unpaired) electrons. The molecule has 2 aromatic carbocycles. The van der Waals surface area contributed by atoms with Crippen molar-refractivity contribution in [3.8, 4) is 5.69 Å². The fraction of sp³-hybridized carbons (Fsp3) is 0.182. The van der Waals surface area contributed by atoms with Gasteiger partial charge in [0.2, 0.25) is 0 Å². The summed E-state index contributed by atoms with van der Waals surface area (Å²) < 4.78 is 15.9. The smallest absolute Gasteiger partial charge is 0.149 e. The lowest BCUT2D eigenvalue weighted by Crippen LogP contribution is -2.19. The Balaban J connectivity index is 1.51. The van der Waals surface area contributed by atoms with Gasteiger partial charge >= 0.3 is 0 Å². The molecule has 0 aliphatic carbocycles. The van der Waals surface area contributed by atoms with Crippen molar-refractivity contribution in [2.45, 2.75) is 26.4 Å². The van der Waals surface area contributed by atoms with Crippen LogP contribution in [0, 0.1) is 12.7 Å². The summed E-state index contributed by atoms with van der Waals surface area (Å²) in [6.07, 6.45) is 1.90. The van der Waals surface area contributed by atoms with Crippen LogP contribution < -0.4 is 5.32 Å². The number of para-hydroxylation sites is 2. The second-order valence-electron chi connectivity index (χ2n) is 6.65. The molecule has 0 saturated carbocycles. The number of pyridine rings is 1. The third kappa shape index (κ3) is 3.46. The zero-order valence-electron chi connectivity index (χ0n) is 15.4. The third-order valence-corrected chi connectivity index (χ3v) is 4.83. The average Bonchev–Trinajstić information content (AvgIpc) is 3.09. The minimum atomic E-state index is -0.289. The number of hydrogen-bond acceptors (Lipinski definition) is 3. The summed E-state index contributed by atoms with van der Waals surface area (Å²) in [6, 6.07) is 19.0. The van der Waals surface area contributed by atoms with Crippen LogP contribution >= 0.6 is 0 Å². The van der Waals surface area contributed by atoms with E-state index in [0.29, 0.717) is 12.1 Å². The van der Waals surface area contributed by atoms with E-state index in [0.717, 1.165) is 28.0 Å². The van der Waals surface area contributed by atoms with E-state index >= 15 is 0 Å². The van der Waals surface area contributed by atoms with Gasteiger partial charge in [-0.15, -0.1) is 0 Å². The quantitative estimate of drug-likeness (QED) is 0.560. The van der Waals surface area contributed by atoms with Crippen molar-refractivity contribution < 1.29 is 4.39 Å². The number of fused-ring (bicyclic) bond motifs is 1. The van der Waals surface area contributed by atoms with Crippen molar-refractivity contribution in [2.75, 3.05) is 0 Å². The average molecular weight is 360 g/mol. The summed E-state index contributed by atoms with van der Waals surface area (Å²) in [5, 5.41) is 8.80. The van der Waals surface area contributed by atoms with Gasteiger partial charge in [-0.2, -0.15) is 5.10 Å². The first-order valence-corrected chi connectivity index (χ1v) is 9.01. The van der Waals surface area contributed by atoms with Gasteiger partial charge < -0.3 is 5.32 Å². The van der Waals surface area contributed by atoms with Crippen molar-refractivity contribution in [2.24, 2.45) is 0 Å². The molecular weight excluding hydrogens is 339 g/mol. The summed E-state index contributed by atoms with van der Waals surface area (Å²) in [4.78, 5) is 4.46. The van der Waals surface area contributed by atoms with Crippen LogP contribution in [0.3, 0.4) is 0 Å². The summed E-state index contributed by atoms with van der Waals surface area (Å²) in [6.45, 7) is 4.72. The Kier molecular flexibility index (Phi) is 4.69. The fourth-order valence-corrected chi connectivity index (χ4v) is 3.29. The van der Waals surface area contributed by atoms with Gasteiger partial charge in [-0.25, -0.2) is 14.1 Å². The van der Waals surface area contributed by atoms with Crippen LogP contribution in [-0.4, -0.2) is 14.8 Å². The number of benzene rings is 2. The summed E-state index contributed by atoms with van der Waals surface area (Å²) in [5.74, 6) is -0.289. The van der Waals surface area contributed by atoms with Crippen molar-refractivity contribution in [1.29, 1.82) is 0 Å². The zero-order chi connectivity index (χ0) is 18.8. The van der Waals surface area contributed by atoms with Crippen LogP contribution in [0.5, 0.6) is 0 Å². The number of aromatic nitrogens is 3. The fourth-order valence-electron chi connectivity index (χ4n) is 3.29. The molecule has 2 aromatic heterocycles. The summed E-state index contributed by atoms with van der Waals surface area (Å²) in [5.41, 5.74) is 4.50. The highest BCUT2D eigenvalue weighted by Gasteiger charge is 2.14. The van der Waals surface area contributed by atoms with Crippen molar-refractivity contribution in [3.05, 3.63) is 89.6 Å². The molecule has 4 rings (SSSR count). The lowest BCUT2D eigenvalue weighted by atomic mass is 10.1. The van der Waals surface area contributed by atoms with E-state index < -0.39 is 0 Å². The van der Waals surface area contributed by atoms with Gasteiger partial charge in [0, 0.05) is 29.2 Å². The molecule has 0 saturated heterocycles. The molecule has 2 heterocycles. The van der Waals surface area contributed by atoms with Crippen LogP contribution in [0.1, 0.15) is 29.9 Å². The number of nitrogens with one attached hydrogen (secondary N) is 1. The summed E-state index contributed by atoms with van der Waals surface area (Å²) >= 11 is 0. The van der Waals surface area contributed by atoms with E-state index in [2.05, 4.69) is 29.2 Å². The Morgan fingerprint density at radius 3 is 2.67 bits per heavy atom. The Morgan fingerprint density at radius 1 is 1.04 bits per heavy atom. The van der Waals surface area contributed by atoms with E-state index in [9.17, 15) is 4.39 Å². The predicted octanol–water partition coefficient (Wildman–Crippen LogP) is 4.72. The number of halogens is 1. The Hall–Kier alpha value is -3.05. The van der Waals surface area contributed by atoms with E-state index in [1.54, 1.807) is 6.07 Å². The Labute approximate surface area is 157 Å². The second kappa shape index (κ2) is 7.29. The monoisotopic (exact) mass is 360 g/mol. The first-order chi connectivity index (χ1) is 13.1. The summed E-state index contributed by atoms with van der Waals surface area (Å²) in [7, 11) is 0. The highest BCUT2D eigenvalue weighted by molar-refractivity contribution is 5.79. The molecule has 0 bridgehead atoms. The van der Waals surface area contributed by atoms with Gasteiger partial charge in [-0.3, -0.25) is 0 Å². The van der Waals surface area contributed by atoms with Gasteiger partial charge in [0.15, 0.2) is 0 Å². The van der Waals surface area contributed by atoms with Crippen LogP contribution in [0.15, 0.2) is 66.9 Å². The SMILES string of the molecule is Cc1c(C(C)NCc2ccc3cccc(F)c3n2)cnn1-c1ccccc1. The van der Waals surface area contributed by atoms with E-state index in [4.69, 9.17) is 0 Å². The molecule has 1 N–H and O–H groups in total.